The quantitative estimate of drug-likeness (QED) is 0.792. The van der Waals surface area contributed by atoms with E-state index in [1.165, 1.54) is 9.80 Å². The summed E-state index contributed by atoms with van der Waals surface area (Å²) < 4.78 is 46.6. The van der Waals surface area contributed by atoms with Crippen molar-refractivity contribution in [2.24, 2.45) is 0 Å². The predicted molar refractivity (Wildman–Crippen MR) is 106 cm³/mol. The van der Waals surface area contributed by atoms with Crippen molar-refractivity contribution in [1.82, 2.24) is 14.5 Å². The minimum absolute atomic E-state index is 0.177. The maximum Gasteiger partial charge on any atom is 0.410 e. The Hall–Kier alpha value is -2.20. The van der Waals surface area contributed by atoms with Gasteiger partial charge in [-0.15, -0.1) is 0 Å². The predicted octanol–water partition coefficient (Wildman–Crippen LogP) is 2.21. The summed E-state index contributed by atoms with van der Waals surface area (Å²) in [7, 11) is -3.86. The summed E-state index contributed by atoms with van der Waals surface area (Å²) in [5.41, 5.74) is -0.939. The Labute approximate surface area is 171 Å². The number of nitrogens with zero attached hydrogens (tertiary/aromatic N) is 2. The molecule has 2 rings (SSSR count). The number of sulfonamides is 1. The molecule has 0 aromatic heterocycles. The second-order valence-electron chi connectivity index (χ2n) is 8.18. The SMILES string of the molecule is CC(C)NS(=O)(=O)c1ccc(F)c(C(=O)N2CCN(C(=O)OC(C)(C)C)CC2)c1. The third-order valence-corrected chi connectivity index (χ3v) is 5.74. The first-order chi connectivity index (χ1) is 13.3. The number of carbonyl (C=O) groups is 2. The van der Waals surface area contributed by atoms with Crippen molar-refractivity contribution in [3.05, 3.63) is 29.6 Å². The number of hydrogen-bond donors (Lipinski definition) is 1. The van der Waals surface area contributed by atoms with Crippen LogP contribution in [0.2, 0.25) is 0 Å². The Balaban J connectivity index is 2.12. The topological polar surface area (TPSA) is 96.0 Å². The molecule has 2 amide bonds. The van der Waals surface area contributed by atoms with Crippen LogP contribution in [-0.2, 0) is 14.8 Å². The average molecular weight is 430 g/mol. The van der Waals surface area contributed by atoms with Crippen LogP contribution in [0.1, 0.15) is 45.0 Å². The molecule has 1 aromatic carbocycles. The Morgan fingerprint density at radius 2 is 1.66 bits per heavy atom. The van der Waals surface area contributed by atoms with Crippen LogP contribution in [0.15, 0.2) is 23.1 Å². The summed E-state index contributed by atoms with van der Waals surface area (Å²) in [5, 5.41) is 0. The number of nitrogens with one attached hydrogen (secondary N) is 1. The van der Waals surface area contributed by atoms with Crippen LogP contribution in [0.5, 0.6) is 0 Å². The molecule has 10 heteroatoms. The highest BCUT2D eigenvalue weighted by atomic mass is 32.2. The third-order valence-electron chi connectivity index (χ3n) is 4.09. The van der Waals surface area contributed by atoms with Gasteiger partial charge < -0.3 is 14.5 Å². The second kappa shape index (κ2) is 8.66. The van der Waals surface area contributed by atoms with Crippen LogP contribution in [0.3, 0.4) is 0 Å². The van der Waals surface area contributed by atoms with Gasteiger partial charge in [-0.1, -0.05) is 0 Å². The molecular weight excluding hydrogens is 401 g/mol. The highest BCUT2D eigenvalue weighted by Crippen LogP contribution is 2.19. The lowest BCUT2D eigenvalue weighted by Crippen LogP contribution is -2.51. The lowest BCUT2D eigenvalue weighted by atomic mass is 10.1. The van der Waals surface area contributed by atoms with Crippen molar-refractivity contribution in [2.45, 2.75) is 51.2 Å². The van der Waals surface area contributed by atoms with Crippen molar-refractivity contribution in [3.63, 3.8) is 0 Å². The molecule has 162 valence electrons. The molecule has 1 aromatic rings. The maximum atomic E-state index is 14.3. The van der Waals surface area contributed by atoms with Gasteiger partial charge in [-0.25, -0.2) is 22.3 Å². The minimum atomic E-state index is -3.86. The molecule has 1 N–H and O–H groups in total. The Morgan fingerprint density at radius 1 is 1.10 bits per heavy atom. The number of benzene rings is 1. The van der Waals surface area contributed by atoms with Gasteiger partial charge in [0.1, 0.15) is 11.4 Å². The van der Waals surface area contributed by atoms with E-state index in [9.17, 15) is 22.4 Å². The van der Waals surface area contributed by atoms with Gasteiger partial charge in [-0.3, -0.25) is 4.79 Å². The molecule has 0 spiro atoms. The monoisotopic (exact) mass is 429 g/mol. The van der Waals surface area contributed by atoms with Gasteiger partial charge in [0, 0.05) is 32.2 Å². The normalized spacial score (nSPS) is 15.6. The summed E-state index contributed by atoms with van der Waals surface area (Å²) >= 11 is 0. The minimum Gasteiger partial charge on any atom is -0.444 e. The number of ether oxygens (including phenoxy) is 1. The lowest BCUT2D eigenvalue weighted by molar-refractivity contribution is 0.0140. The van der Waals surface area contributed by atoms with Gasteiger partial charge in [-0.2, -0.15) is 0 Å². The first kappa shape index (κ1) is 23.1. The molecule has 0 atom stereocenters. The van der Waals surface area contributed by atoms with Gasteiger partial charge in [0.2, 0.25) is 10.0 Å². The average Bonchev–Trinajstić information content (AvgIpc) is 2.59. The fourth-order valence-corrected chi connectivity index (χ4v) is 4.08. The molecule has 0 radical (unpaired) electrons. The molecule has 0 bridgehead atoms. The second-order valence-corrected chi connectivity index (χ2v) is 9.89. The van der Waals surface area contributed by atoms with Crippen LogP contribution >= 0.6 is 0 Å². The van der Waals surface area contributed by atoms with Crippen molar-refractivity contribution >= 4 is 22.0 Å². The van der Waals surface area contributed by atoms with Crippen molar-refractivity contribution in [3.8, 4) is 0 Å². The zero-order chi connectivity index (χ0) is 22.0. The number of carbonyl (C=O) groups excluding carboxylic acids is 2. The van der Waals surface area contributed by atoms with Gasteiger partial charge >= 0.3 is 6.09 Å². The van der Waals surface area contributed by atoms with E-state index < -0.39 is 33.4 Å². The molecule has 1 fully saturated rings. The van der Waals surface area contributed by atoms with Gasteiger partial charge in [0.15, 0.2) is 0 Å². The summed E-state index contributed by atoms with van der Waals surface area (Å²) in [5.74, 6) is -1.42. The number of hydrogen-bond acceptors (Lipinski definition) is 5. The standard InChI is InChI=1S/C19H28FN3O5S/c1-13(2)21-29(26,27)14-6-7-16(20)15(12-14)17(24)22-8-10-23(11-9-22)18(25)28-19(3,4)5/h6-7,12-13,21H,8-11H2,1-5H3. The summed E-state index contributed by atoms with van der Waals surface area (Å²) in [6, 6.07) is 2.80. The molecule has 29 heavy (non-hydrogen) atoms. The van der Waals surface area contributed by atoms with Crippen LogP contribution in [0, 0.1) is 5.82 Å². The van der Waals surface area contributed by atoms with Gasteiger partial charge in [0.05, 0.1) is 10.5 Å². The van der Waals surface area contributed by atoms with Crippen LogP contribution in [0.4, 0.5) is 9.18 Å². The molecule has 1 aliphatic heterocycles. The molecule has 0 saturated carbocycles. The highest BCUT2D eigenvalue weighted by molar-refractivity contribution is 7.89. The van der Waals surface area contributed by atoms with E-state index in [0.717, 1.165) is 18.2 Å². The fourth-order valence-electron chi connectivity index (χ4n) is 2.80. The largest absolute Gasteiger partial charge is 0.444 e. The number of amides is 2. The fraction of sp³-hybridized carbons (Fsp3) is 0.579. The first-order valence-corrected chi connectivity index (χ1v) is 10.9. The molecule has 0 aliphatic carbocycles. The summed E-state index contributed by atoms with van der Waals surface area (Å²) in [6.45, 7) is 9.50. The van der Waals surface area contributed by atoms with Crippen molar-refractivity contribution in [1.29, 1.82) is 0 Å². The Morgan fingerprint density at radius 3 is 2.17 bits per heavy atom. The Bertz CT molecular complexity index is 872. The lowest BCUT2D eigenvalue weighted by Gasteiger charge is -2.35. The maximum absolute atomic E-state index is 14.3. The van der Waals surface area contributed by atoms with E-state index in [1.54, 1.807) is 34.6 Å². The van der Waals surface area contributed by atoms with Crippen molar-refractivity contribution in [2.75, 3.05) is 26.2 Å². The zero-order valence-electron chi connectivity index (χ0n) is 17.4. The number of halogens is 1. The molecule has 1 saturated heterocycles. The van der Waals surface area contributed by atoms with E-state index in [1.807, 2.05) is 0 Å². The number of piperazine rings is 1. The molecule has 1 aliphatic rings. The van der Waals surface area contributed by atoms with E-state index in [-0.39, 0.29) is 42.7 Å². The van der Waals surface area contributed by atoms with Crippen LogP contribution < -0.4 is 4.72 Å². The number of rotatable bonds is 4. The van der Waals surface area contributed by atoms with Crippen molar-refractivity contribution < 1.29 is 27.1 Å². The third kappa shape index (κ3) is 6.14. The smallest absolute Gasteiger partial charge is 0.410 e. The summed E-state index contributed by atoms with van der Waals surface area (Å²) in [4.78, 5) is 27.6. The van der Waals surface area contributed by atoms with E-state index in [0.29, 0.717) is 0 Å². The summed E-state index contributed by atoms with van der Waals surface area (Å²) in [6.07, 6.45) is -0.469. The molecule has 8 nitrogen and oxygen atoms in total. The van der Waals surface area contributed by atoms with Gasteiger partial charge in [-0.05, 0) is 52.8 Å². The van der Waals surface area contributed by atoms with E-state index in [2.05, 4.69) is 4.72 Å². The van der Waals surface area contributed by atoms with Gasteiger partial charge in [0.25, 0.3) is 5.91 Å². The molecule has 1 heterocycles. The zero-order valence-corrected chi connectivity index (χ0v) is 18.2. The highest BCUT2D eigenvalue weighted by Gasteiger charge is 2.29. The van der Waals surface area contributed by atoms with Crippen LogP contribution in [0.25, 0.3) is 0 Å². The molecule has 0 unspecified atom stereocenters. The Kier molecular flexibility index (Phi) is 6.89. The van der Waals surface area contributed by atoms with E-state index in [4.69, 9.17) is 4.74 Å². The van der Waals surface area contributed by atoms with Crippen LogP contribution in [-0.4, -0.2) is 68.0 Å². The first-order valence-electron chi connectivity index (χ1n) is 9.39. The molecular formula is C19H28FN3O5S. The van der Waals surface area contributed by atoms with E-state index >= 15 is 0 Å².